The largest absolute Gasteiger partial charge is 0.144 e. The van der Waals surface area contributed by atoms with E-state index in [-0.39, 0.29) is 11.1 Å². The second-order valence-corrected chi connectivity index (χ2v) is 5.07. The van der Waals surface area contributed by atoms with Gasteiger partial charge in [-0.3, -0.25) is 0 Å². The molecule has 2 nitrogen and oxygen atoms in total. The summed E-state index contributed by atoms with van der Waals surface area (Å²) in [5.41, 5.74) is -0.331. The zero-order valence-electron chi connectivity index (χ0n) is 8.85. The lowest BCUT2D eigenvalue weighted by atomic mass is 9.85. The molecule has 1 unspecified atom stereocenters. The minimum atomic E-state index is -0.168. The molecule has 1 fully saturated rings. The Morgan fingerprint density at radius 1 is 1.33 bits per heavy atom. The van der Waals surface area contributed by atoms with Crippen molar-refractivity contribution in [1.82, 2.24) is 5.06 Å². The van der Waals surface area contributed by atoms with E-state index in [1.54, 1.807) is 0 Å². The Kier molecular flexibility index (Phi) is 2.26. The van der Waals surface area contributed by atoms with Crippen molar-refractivity contribution >= 4 is 0 Å². The fraction of sp³-hybridized carbons (Fsp3) is 1.00. The minimum Gasteiger partial charge on any atom is -0.144 e. The van der Waals surface area contributed by atoms with Gasteiger partial charge in [0.15, 0.2) is 0 Å². The maximum atomic E-state index is 11.8. The molecule has 1 saturated heterocycles. The Labute approximate surface area is 75.5 Å². The van der Waals surface area contributed by atoms with Crippen LogP contribution < -0.4 is 0 Å². The van der Waals surface area contributed by atoms with Crippen molar-refractivity contribution in [2.75, 3.05) is 0 Å². The summed E-state index contributed by atoms with van der Waals surface area (Å²) in [4.78, 5) is 0. The van der Waals surface area contributed by atoms with E-state index in [4.69, 9.17) is 0 Å². The van der Waals surface area contributed by atoms with E-state index in [0.717, 1.165) is 12.8 Å². The molecule has 0 aromatic rings. The summed E-state index contributed by atoms with van der Waals surface area (Å²) in [7, 11) is 0. The van der Waals surface area contributed by atoms with Gasteiger partial charge in [0.2, 0.25) is 0 Å². The van der Waals surface area contributed by atoms with Gasteiger partial charge >= 0.3 is 0 Å². The van der Waals surface area contributed by atoms with Gasteiger partial charge in [0.05, 0.1) is 0 Å². The molecule has 0 aliphatic carbocycles. The molecule has 1 radical (unpaired) electrons. The van der Waals surface area contributed by atoms with Gasteiger partial charge in [0, 0.05) is 11.1 Å². The molecule has 0 bridgehead atoms. The molecule has 0 saturated carbocycles. The number of hydroxylamine groups is 2. The fourth-order valence-corrected chi connectivity index (χ4v) is 2.53. The zero-order valence-corrected chi connectivity index (χ0v) is 8.85. The highest BCUT2D eigenvalue weighted by molar-refractivity contribution is 5.00. The van der Waals surface area contributed by atoms with Crippen molar-refractivity contribution in [3.05, 3.63) is 0 Å². The minimum absolute atomic E-state index is 0.163. The van der Waals surface area contributed by atoms with Crippen molar-refractivity contribution in [1.29, 1.82) is 0 Å². The molecule has 0 aromatic heterocycles. The maximum Gasteiger partial charge on any atom is 0.0472 e. The third-order valence-corrected chi connectivity index (χ3v) is 3.31. The summed E-state index contributed by atoms with van der Waals surface area (Å²) in [6, 6.07) is 0. The number of nitrogens with zero attached hydrogens (tertiary/aromatic N) is 1. The van der Waals surface area contributed by atoms with Crippen LogP contribution in [-0.2, 0) is 5.21 Å². The van der Waals surface area contributed by atoms with Gasteiger partial charge in [-0.2, -0.15) is 0 Å². The lowest BCUT2D eigenvalue weighted by molar-refractivity contribution is -0.248. The molecule has 1 rings (SSSR count). The molecule has 1 aliphatic heterocycles. The highest BCUT2D eigenvalue weighted by atomic mass is 16.5. The van der Waals surface area contributed by atoms with Crippen LogP contribution in [0, 0.1) is 5.92 Å². The van der Waals surface area contributed by atoms with Gasteiger partial charge in [0.1, 0.15) is 0 Å². The average molecular weight is 170 g/mol. The number of hydrogen-bond acceptors (Lipinski definition) is 1. The Morgan fingerprint density at radius 3 is 2.00 bits per heavy atom. The number of rotatable bonds is 1. The Morgan fingerprint density at radius 2 is 1.83 bits per heavy atom. The van der Waals surface area contributed by atoms with Crippen molar-refractivity contribution in [2.45, 2.75) is 58.5 Å². The summed E-state index contributed by atoms with van der Waals surface area (Å²) in [5.74, 6) is 0.546. The van der Waals surface area contributed by atoms with Crippen molar-refractivity contribution in [2.24, 2.45) is 5.92 Å². The molecular weight excluding hydrogens is 150 g/mol. The normalized spacial score (nSPS) is 34.0. The fourth-order valence-electron chi connectivity index (χ4n) is 2.53. The third kappa shape index (κ3) is 1.27. The highest BCUT2D eigenvalue weighted by Gasteiger charge is 2.51. The Hall–Kier alpha value is -0.0800. The van der Waals surface area contributed by atoms with Crippen LogP contribution in [0.1, 0.15) is 47.5 Å². The summed E-state index contributed by atoms with van der Waals surface area (Å²) < 4.78 is 0. The molecule has 71 valence electrons. The smallest absolute Gasteiger partial charge is 0.0472 e. The molecule has 0 amide bonds. The van der Waals surface area contributed by atoms with Crippen molar-refractivity contribution in [3.63, 3.8) is 0 Å². The van der Waals surface area contributed by atoms with Gasteiger partial charge in [-0.15, -0.1) is 10.3 Å². The first kappa shape index (κ1) is 10.0. The van der Waals surface area contributed by atoms with E-state index < -0.39 is 0 Å². The molecule has 0 spiro atoms. The first-order valence-corrected chi connectivity index (χ1v) is 4.80. The molecule has 1 aliphatic rings. The topological polar surface area (TPSA) is 23.1 Å². The predicted molar refractivity (Wildman–Crippen MR) is 49.1 cm³/mol. The number of hydrogen-bond donors (Lipinski definition) is 0. The average Bonchev–Trinajstić information content (AvgIpc) is 2.11. The standard InChI is InChI=1S/C10H20NO/c1-6-8-7-9(2,3)11(12)10(8,4)5/h8H,6-7H2,1-5H3. The first-order chi connectivity index (χ1) is 5.32. The highest BCUT2D eigenvalue weighted by Crippen LogP contribution is 2.44. The van der Waals surface area contributed by atoms with Crippen LogP contribution in [0.4, 0.5) is 0 Å². The lowest BCUT2D eigenvalue weighted by Crippen LogP contribution is -2.46. The van der Waals surface area contributed by atoms with E-state index in [2.05, 4.69) is 20.8 Å². The molecule has 1 atom stereocenters. The van der Waals surface area contributed by atoms with E-state index >= 15 is 0 Å². The monoisotopic (exact) mass is 170 g/mol. The maximum absolute atomic E-state index is 11.8. The quantitative estimate of drug-likeness (QED) is 0.593. The van der Waals surface area contributed by atoms with Crippen LogP contribution >= 0.6 is 0 Å². The summed E-state index contributed by atoms with van der Waals surface area (Å²) in [6.07, 6.45) is 2.13. The first-order valence-electron chi connectivity index (χ1n) is 4.80. The van der Waals surface area contributed by atoms with Crippen LogP contribution in [0.15, 0.2) is 0 Å². The van der Waals surface area contributed by atoms with E-state index in [1.165, 1.54) is 5.06 Å². The van der Waals surface area contributed by atoms with Crippen molar-refractivity contribution < 1.29 is 5.21 Å². The van der Waals surface area contributed by atoms with Gasteiger partial charge in [0.25, 0.3) is 0 Å². The van der Waals surface area contributed by atoms with E-state index in [0.29, 0.717) is 5.92 Å². The van der Waals surface area contributed by atoms with Crippen LogP contribution in [0.25, 0.3) is 0 Å². The molecule has 1 heterocycles. The van der Waals surface area contributed by atoms with Gasteiger partial charge in [-0.1, -0.05) is 13.3 Å². The van der Waals surface area contributed by atoms with Gasteiger partial charge < -0.3 is 0 Å². The second-order valence-electron chi connectivity index (χ2n) is 5.07. The molecule has 0 aromatic carbocycles. The summed E-state index contributed by atoms with van der Waals surface area (Å²) >= 11 is 0. The third-order valence-electron chi connectivity index (χ3n) is 3.31. The van der Waals surface area contributed by atoms with Crippen molar-refractivity contribution in [3.8, 4) is 0 Å². The molecule has 0 N–H and O–H groups in total. The van der Waals surface area contributed by atoms with Crippen LogP contribution in [0.2, 0.25) is 0 Å². The Bertz CT molecular complexity index is 175. The van der Waals surface area contributed by atoms with E-state index in [9.17, 15) is 5.21 Å². The van der Waals surface area contributed by atoms with Crippen LogP contribution in [-0.4, -0.2) is 16.1 Å². The van der Waals surface area contributed by atoms with Crippen LogP contribution in [0.3, 0.4) is 0 Å². The lowest BCUT2D eigenvalue weighted by Gasteiger charge is -2.33. The zero-order chi connectivity index (χ0) is 9.57. The van der Waals surface area contributed by atoms with Crippen LogP contribution in [0.5, 0.6) is 0 Å². The molecule has 12 heavy (non-hydrogen) atoms. The van der Waals surface area contributed by atoms with Gasteiger partial charge in [-0.05, 0) is 40.0 Å². The predicted octanol–water partition coefficient (Wildman–Crippen LogP) is 2.62. The second kappa shape index (κ2) is 2.71. The van der Waals surface area contributed by atoms with Gasteiger partial charge in [-0.25, -0.2) is 0 Å². The SMILES string of the molecule is CCC1CC(C)(C)N([O])C1(C)C. The Balaban J connectivity index is 2.88. The molecule has 2 heteroatoms. The van der Waals surface area contributed by atoms with E-state index in [1.807, 2.05) is 13.8 Å². The summed E-state index contributed by atoms with van der Waals surface area (Å²) in [6.45, 7) is 10.4. The molecular formula is C10H20NO. The summed E-state index contributed by atoms with van der Waals surface area (Å²) in [5, 5.41) is 13.1.